The quantitative estimate of drug-likeness (QED) is 0.803. The Morgan fingerprint density at radius 1 is 1.50 bits per heavy atom. The van der Waals surface area contributed by atoms with E-state index in [0.717, 1.165) is 28.6 Å². The summed E-state index contributed by atoms with van der Waals surface area (Å²) in [5.41, 5.74) is 0.876. The van der Waals surface area contributed by atoms with E-state index < -0.39 is 0 Å². The number of carbonyl (C=O) groups excluding carboxylic acids is 1. The van der Waals surface area contributed by atoms with Crippen molar-refractivity contribution in [2.45, 2.75) is 18.9 Å². The van der Waals surface area contributed by atoms with Crippen molar-refractivity contribution >= 4 is 46.6 Å². The standard InChI is InChI=1S/C11H13IN2O.ClH/c12-8-3-1-4-9(7-8)14-11(15)10-5-2-6-13-10;/h1,3-4,7,10,13H,2,5-6H2,(H,14,15);1H. The van der Waals surface area contributed by atoms with Crippen LogP contribution in [-0.2, 0) is 4.79 Å². The monoisotopic (exact) mass is 352 g/mol. The van der Waals surface area contributed by atoms with E-state index in [0.29, 0.717) is 0 Å². The highest BCUT2D eigenvalue weighted by molar-refractivity contribution is 14.1. The maximum Gasteiger partial charge on any atom is 0.241 e. The molecule has 88 valence electrons. The second-order valence-electron chi connectivity index (χ2n) is 3.65. The number of halogens is 2. The minimum absolute atomic E-state index is 0. The van der Waals surface area contributed by atoms with Crippen molar-refractivity contribution < 1.29 is 4.79 Å². The summed E-state index contributed by atoms with van der Waals surface area (Å²) in [7, 11) is 0. The van der Waals surface area contributed by atoms with Crippen molar-refractivity contribution in [2.75, 3.05) is 11.9 Å². The zero-order valence-corrected chi connectivity index (χ0v) is 11.7. The fraction of sp³-hybridized carbons (Fsp3) is 0.364. The van der Waals surface area contributed by atoms with Crippen molar-refractivity contribution in [1.82, 2.24) is 5.32 Å². The lowest BCUT2D eigenvalue weighted by molar-refractivity contribution is -0.117. The summed E-state index contributed by atoms with van der Waals surface area (Å²) < 4.78 is 1.13. The zero-order chi connectivity index (χ0) is 10.7. The van der Waals surface area contributed by atoms with Crippen LogP contribution in [0.15, 0.2) is 24.3 Å². The van der Waals surface area contributed by atoms with Crippen LogP contribution < -0.4 is 10.6 Å². The van der Waals surface area contributed by atoms with E-state index in [-0.39, 0.29) is 24.4 Å². The lowest BCUT2D eigenvalue weighted by atomic mass is 10.2. The predicted molar refractivity (Wildman–Crippen MR) is 76.1 cm³/mol. The Morgan fingerprint density at radius 2 is 2.31 bits per heavy atom. The first-order chi connectivity index (χ1) is 7.25. The molecule has 0 aliphatic carbocycles. The molecule has 1 amide bonds. The first-order valence-corrected chi connectivity index (χ1v) is 6.13. The van der Waals surface area contributed by atoms with Crippen LogP contribution in [0.25, 0.3) is 0 Å². The average molecular weight is 353 g/mol. The van der Waals surface area contributed by atoms with Gasteiger partial charge in [0.15, 0.2) is 0 Å². The Kier molecular flexibility index (Phi) is 5.51. The largest absolute Gasteiger partial charge is 0.325 e. The van der Waals surface area contributed by atoms with Crippen LogP contribution in [0, 0.1) is 3.57 Å². The smallest absolute Gasteiger partial charge is 0.241 e. The SMILES string of the molecule is Cl.O=C(Nc1cccc(I)c1)C1CCCN1. The molecule has 0 aromatic heterocycles. The maximum atomic E-state index is 11.7. The van der Waals surface area contributed by atoms with E-state index in [1.807, 2.05) is 24.3 Å². The molecule has 3 nitrogen and oxygen atoms in total. The van der Waals surface area contributed by atoms with Gasteiger partial charge in [0.2, 0.25) is 5.91 Å². The van der Waals surface area contributed by atoms with Crippen LogP contribution in [-0.4, -0.2) is 18.5 Å². The molecule has 2 rings (SSSR count). The first kappa shape index (κ1) is 13.7. The number of hydrogen-bond donors (Lipinski definition) is 2. The molecule has 0 bridgehead atoms. The van der Waals surface area contributed by atoms with E-state index in [1.54, 1.807) is 0 Å². The summed E-state index contributed by atoms with van der Waals surface area (Å²) in [5, 5.41) is 6.10. The second kappa shape index (κ2) is 6.42. The third kappa shape index (κ3) is 3.61. The number of hydrogen-bond acceptors (Lipinski definition) is 2. The summed E-state index contributed by atoms with van der Waals surface area (Å²) in [5.74, 6) is 0.0782. The third-order valence-corrected chi connectivity index (χ3v) is 3.14. The van der Waals surface area contributed by atoms with Gasteiger partial charge in [-0.05, 0) is 60.2 Å². The number of benzene rings is 1. The Labute approximate surface area is 115 Å². The summed E-state index contributed by atoms with van der Waals surface area (Å²) in [6, 6.07) is 7.81. The molecule has 0 spiro atoms. The summed E-state index contributed by atoms with van der Waals surface area (Å²) in [4.78, 5) is 11.7. The highest BCUT2D eigenvalue weighted by atomic mass is 127. The Hall–Kier alpha value is -0.330. The molecular weight excluding hydrogens is 338 g/mol. The van der Waals surface area contributed by atoms with Gasteiger partial charge in [-0.15, -0.1) is 12.4 Å². The summed E-state index contributed by atoms with van der Waals surface area (Å²) in [6.07, 6.45) is 2.03. The van der Waals surface area contributed by atoms with E-state index in [1.165, 1.54) is 0 Å². The number of rotatable bonds is 2. The van der Waals surface area contributed by atoms with Crippen molar-refractivity contribution in [3.8, 4) is 0 Å². The minimum atomic E-state index is -0.0112. The van der Waals surface area contributed by atoms with Gasteiger partial charge < -0.3 is 10.6 Å². The summed E-state index contributed by atoms with van der Waals surface area (Å²) >= 11 is 2.23. The molecule has 1 fully saturated rings. The predicted octanol–water partition coefficient (Wildman–Crippen LogP) is 2.40. The van der Waals surface area contributed by atoms with Crippen LogP contribution >= 0.6 is 35.0 Å². The molecule has 1 saturated heterocycles. The molecule has 5 heteroatoms. The molecule has 1 atom stereocenters. The van der Waals surface area contributed by atoms with Gasteiger partial charge in [-0.2, -0.15) is 0 Å². The normalized spacial score (nSPS) is 18.9. The fourth-order valence-corrected chi connectivity index (χ4v) is 2.25. The topological polar surface area (TPSA) is 41.1 Å². The van der Waals surface area contributed by atoms with E-state index >= 15 is 0 Å². The number of carbonyl (C=O) groups is 1. The molecule has 1 aromatic rings. The Bertz CT molecular complexity index is 367. The van der Waals surface area contributed by atoms with Gasteiger partial charge in [-0.3, -0.25) is 4.79 Å². The third-order valence-electron chi connectivity index (χ3n) is 2.47. The number of amides is 1. The Morgan fingerprint density at radius 3 is 2.94 bits per heavy atom. The van der Waals surface area contributed by atoms with Crippen LogP contribution in [0.5, 0.6) is 0 Å². The Balaban J connectivity index is 0.00000128. The van der Waals surface area contributed by atoms with Gasteiger partial charge >= 0.3 is 0 Å². The van der Waals surface area contributed by atoms with Crippen molar-refractivity contribution in [2.24, 2.45) is 0 Å². The maximum absolute atomic E-state index is 11.7. The van der Waals surface area contributed by atoms with Gasteiger partial charge in [0.1, 0.15) is 0 Å². The van der Waals surface area contributed by atoms with Crippen LogP contribution in [0.1, 0.15) is 12.8 Å². The zero-order valence-electron chi connectivity index (χ0n) is 8.70. The van der Waals surface area contributed by atoms with Gasteiger partial charge in [0.25, 0.3) is 0 Å². The highest BCUT2D eigenvalue weighted by Gasteiger charge is 2.21. The van der Waals surface area contributed by atoms with Crippen molar-refractivity contribution in [3.63, 3.8) is 0 Å². The summed E-state index contributed by atoms with van der Waals surface area (Å²) in [6.45, 7) is 0.949. The van der Waals surface area contributed by atoms with E-state index in [2.05, 4.69) is 33.2 Å². The van der Waals surface area contributed by atoms with Crippen LogP contribution in [0.3, 0.4) is 0 Å². The number of anilines is 1. The van der Waals surface area contributed by atoms with Gasteiger partial charge in [-0.25, -0.2) is 0 Å². The van der Waals surface area contributed by atoms with Crippen LogP contribution in [0.4, 0.5) is 5.69 Å². The molecule has 0 radical (unpaired) electrons. The lowest BCUT2D eigenvalue weighted by Crippen LogP contribution is -2.35. The van der Waals surface area contributed by atoms with E-state index in [9.17, 15) is 4.79 Å². The molecule has 1 heterocycles. The van der Waals surface area contributed by atoms with Gasteiger partial charge in [-0.1, -0.05) is 6.07 Å². The number of nitrogens with one attached hydrogen (secondary N) is 2. The molecule has 0 saturated carbocycles. The molecule has 1 aliphatic heterocycles. The molecule has 1 aliphatic rings. The second-order valence-corrected chi connectivity index (χ2v) is 4.89. The van der Waals surface area contributed by atoms with Gasteiger partial charge in [0, 0.05) is 9.26 Å². The van der Waals surface area contributed by atoms with Crippen molar-refractivity contribution in [3.05, 3.63) is 27.8 Å². The van der Waals surface area contributed by atoms with Crippen molar-refractivity contribution in [1.29, 1.82) is 0 Å². The van der Waals surface area contributed by atoms with E-state index in [4.69, 9.17) is 0 Å². The molecule has 2 N–H and O–H groups in total. The molecule has 1 unspecified atom stereocenters. The van der Waals surface area contributed by atoms with Crippen LogP contribution in [0.2, 0.25) is 0 Å². The first-order valence-electron chi connectivity index (χ1n) is 5.05. The minimum Gasteiger partial charge on any atom is -0.325 e. The molecular formula is C11H14ClIN2O. The highest BCUT2D eigenvalue weighted by Crippen LogP contribution is 2.14. The molecule has 1 aromatic carbocycles. The fourth-order valence-electron chi connectivity index (χ4n) is 1.70. The van der Waals surface area contributed by atoms with Gasteiger partial charge in [0.05, 0.1) is 6.04 Å². The average Bonchev–Trinajstić information content (AvgIpc) is 2.70. The lowest BCUT2D eigenvalue weighted by Gasteiger charge is -2.10. The molecule has 16 heavy (non-hydrogen) atoms.